The van der Waals surface area contributed by atoms with Gasteiger partial charge in [-0.15, -0.1) is 0 Å². The van der Waals surface area contributed by atoms with Gasteiger partial charge < -0.3 is 13.6 Å². The lowest BCUT2D eigenvalue weighted by Gasteiger charge is -2.17. The number of rotatable bonds is 8. The van der Waals surface area contributed by atoms with Crippen LogP contribution in [0.15, 0.2) is 57.6 Å². The predicted octanol–water partition coefficient (Wildman–Crippen LogP) is 4.53. The lowest BCUT2D eigenvalue weighted by molar-refractivity contribution is 0.0840. The molecule has 1 N–H and O–H groups in total. The monoisotopic (exact) mass is 313 g/mol. The number of para-hydroxylation sites is 1. The van der Waals surface area contributed by atoms with Crippen molar-refractivity contribution in [1.29, 1.82) is 0 Å². The third-order valence-electron chi connectivity index (χ3n) is 3.62. The third-order valence-corrected chi connectivity index (χ3v) is 3.62. The average Bonchev–Trinajstić information content (AvgIpc) is 3.19. The second-order valence-corrected chi connectivity index (χ2v) is 6.13. The van der Waals surface area contributed by atoms with Crippen molar-refractivity contribution in [3.8, 4) is 0 Å². The Labute approximate surface area is 136 Å². The van der Waals surface area contributed by atoms with E-state index in [1.165, 1.54) is 0 Å². The number of hydrogen-bond donors (Lipinski definition) is 1. The van der Waals surface area contributed by atoms with E-state index in [1.807, 2.05) is 30.3 Å². The molecule has 0 aliphatic carbocycles. The molecule has 2 heterocycles. The summed E-state index contributed by atoms with van der Waals surface area (Å²) in [4.78, 5) is 0. The molecule has 2 aromatic heterocycles. The van der Waals surface area contributed by atoms with E-state index in [1.54, 1.807) is 6.26 Å². The summed E-state index contributed by atoms with van der Waals surface area (Å²) in [5.41, 5.74) is 0.912. The van der Waals surface area contributed by atoms with Gasteiger partial charge in [-0.1, -0.05) is 32.0 Å². The highest BCUT2D eigenvalue weighted by Crippen LogP contribution is 2.20. The third kappa shape index (κ3) is 4.24. The maximum Gasteiger partial charge on any atom is 0.134 e. The van der Waals surface area contributed by atoms with Gasteiger partial charge in [0.25, 0.3) is 0 Å². The van der Waals surface area contributed by atoms with Gasteiger partial charge in [-0.05, 0) is 30.2 Å². The van der Waals surface area contributed by atoms with E-state index >= 15 is 0 Å². The number of fused-ring (bicyclic) bond motifs is 1. The first kappa shape index (κ1) is 15.8. The minimum atomic E-state index is 0.0111. The minimum Gasteiger partial charge on any atom is -0.468 e. The molecular formula is C19H23NO3. The molecule has 1 aromatic carbocycles. The van der Waals surface area contributed by atoms with Crippen molar-refractivity contribution in [3.05, 3.63) is 60.2 Å². The highest BCUT2D eigenvalue weighted by molar-refractivity contribution is 5.77. The zero-order chi connectivity index (χ0) is 16.1. The molecule has 1 atom stereocenters. The second-order valence-electron chi connectivity index (χ2n) is 6.13. The fourth-order valence-corrected chi connectivity index (χ4v) is 2.50. The number of benzene rings is 1. The van der Waals surface area contributed by atoms with Crippen molar-refractivity contribution in [2.24, 2.45) is 5.92 Å². The molecule has 0 fully saturated rings. The van der Waals surface area contributed by atoms with Crippen molar-refractivity contribution in [1.82, 2.24) is 5.32 Å². The smallest absolute Gasteiger partial charge is 0.134 e. The Morgan fingerprint density at radius 3 is 2.70 bits per heavy atom. The summed E-state index contributed by atoms with van der Waals surface area (Å²) in [7, 11) is 0. The van der Waals surface area contributed by atoms with E-state index in [0.717, 1.165) is 29.1 Å². The highest BCUT2D eigenvalue weighted by Gasteiger charge is 2.15. The van der Waals surface area contributed by atoms with Gasteiger partial charge in [0.15, 0.2) is 0 Å². The van der Waals surface area contributed by atoms with Gasteiger partial charge >= 0.3 is 0 Å². The first-order chi connectivity index (χ1) is 11.2. The van der Waals surface area contributed by atoms with E-state index in [2.05, 4.69) is 31.3 Å². The Hall–Kier alpha value is -2.04. The normalized spacial score (nSPS) is 13.0. The molecule has 4 heteroatoms. The molecule has 0 saturated carbocycles. The van der Waals surface area contributed by atoms with Crippen LogP contribution in [0.4, 0.5) is 0 Å². The quantitative estimate of drug-likeness (QED) is 0.664. The van der Waals surface area contributed by atoms with Crippen molar-refractivity contribution in [2.75, 3.05) is 13.2 Å². The fourth-order valence-electron chi connectivity index (χ4n) is 2.50. The van der Waals surface area contributed by atoms with Crippen molar-refractivity contribution in [2.45, 2.75) is 26.4 Å². The first-order valence-electron chi connectivity index (χ1n) is 8.04. The molecule has 0 aliphatic heterocycles. The zero-order valence-electron chi connectivity index (χ0n) is 13.6. The number of furan rings is 2. The van der Waals surface area contributed by atoms with Crippen molar-refractivity contribution in [3.63, 3.8) is 0 Å². The Morgan fingerprint density at radius 2 is 1.96 bits per heavy atom. The van der Waals surface area contributed by atoms with Crippen LogP contribution in [0.1, 0.15) is 31.4 Å². The van der Waals surface area contributed by atoms with Crippen LogP contribution in [0, 0.1) is 5.92 Å². The molecule has 1 unspecified atom stereocenters. The molecule has 0 amide bonds. The minimum absolute atomic E-state index is 0.0111. The summed E-state index contributed by atoms with van der Waals surface area (Å²) in [6.07, 6.45) is 1.69. The molecule has 0 aliphatic rings. The Morgan fingerprint density at radius 1 is 1.09 bits per heavy atom. The maximum absolute atomic E-state index is 5.84. The Balaban J connectivity index is 1.63. The summed E-state index contributed by atoms with van der Waals surface area (Å²) in [6.45, 7) is 6.23. The summed E-state index contributed by atoms with van der Waals surface area (Å²) >= 11 is 0. The standard InChI is InChI=1S/C19H23NO3/c1-14(2)12-21-13-17(19-8-5-9-22-19)20-11-16-10-15-6-3-4-7-18(15)23-16/h3-10,14,17,20H,11-13H2,1-2H3. The summed E-state index contributed by atoms with van der Waals surface area (Å²) in [5, 5.41) is 4.58. The predicted molar refractivity (Wildman–Crippen MR) is 90.2 cm³/mol. The summed E-state index contributed by atoms with van der Waals surface area (Å²) in [6, 6.07) is 14.0. The molecule has 0 saturated heterocycles. The molecule has 0 bridgehead atoms. The van der Waals surface area contributed by atoms with Gasteiger partial charge in [-0.2, -0.15) is 0 Å². The maximum atomic E-state index is 5.84. The first-order valence-corrected chi connectivity index (χ1v) is 8.04. The van der Waals surface area contributed by atoms with E-state index in [9.17, 15) is 0 Å². The van der Waals surface area contributed by atoms with Crippen molar-refractivity contribution >= 4 is 11.0 Å². The lowest BCUT2D eigenvalue weighted by atomic mass is 10.2. The van der Waals surface area contributed by atoms with Crippen LogP contribution in [-0.2, 0) is 11.3 Å². The number of nitrogens with one attached hydrogen (secondary N) is 1. The largest absolute Gasteiger partial charge is 0.468 e. The van der Waals surface area contributed by atoms with Gasteiger partial charge in [0.2, 0.25) is 0 Å². The molecule has 0 radical (unpaired) electrons. The van der Waals surface area contributed by atoms with Crippen LogP contribution >= 0.6 is 0 Å². The van der Waals surface area contributed by atoms with E-state index < -0.39 is 0 Å². The fraction of sp³-hybridized carbons (Fsp3) is 0.368. The topological polar surface area (TPSA) is 47.5 Å². The van der Waals surface area contributed by atoms with Gasteiger partial charge in [0.1, 0.15) is 17.1 Å². The molecule has 0 spiro atoms. The van der Waals surface area contributed by atoms with E-state index in [0.29, 0.717) is 19.1 Å². The Kier molecular flexibility index (Phi) is 5.16. The van der Waals surface area contributed by atoms with Crippen LogP contribution in [0.2, 0.25) is 0 Å². The second kappa shape index (κ2) is 7.49. The van der Waals surface area contributed by atoms with Gasteiger partial charge in [0, 0.05) is 12.0 Å². The summed E-state index contributed by atoms with van der Waals surface area (Å²) in [5.74, 6) is 2.30. The lowest BCUT2D eigenvalue weighted by Crippen LogP contribution is -2.25. The Bertz CT molecular complexity index is 682. The van der Waals surface area contributed by atoms with Gasteiger partial charge in [-0.25, -0.2) is 0 Å². The molecule has 3 rings (SSSR count). The highest BCUT2D eigenvalue weighted by atomic mass is 16.5. The number of ether oxygens (including phenoxy) is 1. The molecule has 122 valence electrons. The summed E-state index contributed by atoms with van der Waals surface area (Å²) < 4.78 is 17.1. The molecular weight excluding hydrogens is 290 g/mol. The molecule has 3 aromatic rings. The van der Waals surface area contributed by atoms with Gasteiger partial charge in [-0.3, -0.25) is 5.32 Å². The van der Waals surface area contributed by atoms with E-state index in [4.69, 9.17) is 13.6 Å². The van der Waals surface area contributed by atoms with Crippen LogP contribution < -0.4 is 5.32 Å². The molecule has 4 nitrogen and oxygen atoms in total. The zero-order valence-corrected chi connectivity index (χ0v) is 13.6. The van der Waals surface area contributed by atoms with Crippen LogP contribution in [0.25, 0.3) is 11.0 Å². The van der Waals surface area contributed by atoms with Crippen LogP contribution in [0.3, 0.4) is 0 Å². The van der Waals surface area contributed by atoms with Crippen LogP contribution in [0.5, 0.6) is 0 Å². The average molecular weight is 313 g/mol. The van der Waals surface area contributed by atoms with E-state index in [-0.39, 0.29) is 6.04 Å². The SMILES string of the molecule is CC(C)COCC(NCc1cc2ccccc2o1)c1ccco1. The van der Waals surface area contributed by atoms with Crippen LogP contribution in [-0.4, -0.2) is 13.2 Å². The van der Waals surface area contributed by atoms with Crippen molar-refractivity contribution < 1.29 is 13.6 Å². The van der Waals surface area contributed by atoms with Gasteiger partial charge in [0.05, 0.1) is 25.5 Å². The molecule has 23 heavy (non-hydrogen) atoms. The number of hydrogen-bond acceptors (Lipinski definition) is 4.